The maximum Gasteiger partial charge on any atom is 0.275 e. The Morgan fingerprint density at radius 1 is 0.931 bits per heavy atom. The van der Waals surface area contributed by atoms with E-state index in [1.165, 1.54) is 49.4 Å². The van der Waals surface area contributed by atoms with Gasteiger partial charge in [0.25, 0.3) is 5.91 Å². The molecular weight excluding hydrogens is 439 g/mol. The van der Waals surface area contributed by atoms with Crippen LogP contribution in [0.5, 0.6) is 0 Å². The number of benzene rings is 2. The summed E-state index contributed by atoms with van der Waals surface area (Å²) in [6, 6.07) is 9.14. The molecule has 1 aliphatic heterocycles. The van der Waals surface area contributed by atoms with Gasteiger partial charge in [0.2, 0.25) is 11.8 Å². The molecule has 0 aromatic heterocycles. The first-order chi connectivity index (χ1) is 13.7. The largest absolute Gasteiger partial charge is 0.292 e. The van der Waals surface area contributed by atoms with Gasteiger partial charge in [0.05, 0.1) is 10.6 Å². The molecule has 0 N–H and O–H groups in total. The van der Waals surface area contributed by atoms with Gasteiger partial charge in [0.1, 0.15) is 6.04 Å². The summed E-state index contributed by atoms with van der Waals surface area (Å²) < 4.78 is 0. The van der Waals surface area contributed by atoms with Crippen LogP contribution in [0.4, 0.5) is 0 Å². The molecular formula is C20H15Cl3N2O4. The van der Waals surface area contributed by atoms with Crippen molar-refractivity contribution in [3.05, 3.63) is 68.7 Å². The van der Waals surface area contributed by atoms with Crippen molar-refractivity contribution in [1.82, 2.24) is 10.0 Å². The number of amides is 3. The maximum absolute atomic E-state index is 13.3. The Hall–Kier alpha value is -2.41. The number of ketones is 1. The van der Waals surface area contributed by atoms with Gasteiger partial charge in [-0.3, -0.25) is 19.2 Å². The fourth-order valence-corrected chi connectivity index (χ4v) is 3.61. The molecule has 0 saturated carbocycles. The van der Waals surface area contributed by atoms with E-state index in [9.17, 15) is 19.2 Å². The predicted molar refractivity (Wildman–Crippen MR) is 109 cm³/mol. The molecule has 0 radical (unpaired) electrons. The molecule has 2 aromatic rings. The quantitative estimate of drug-likeness (QED) is 0.496. The van der Waals surface area contributed by atoms with E-state index in [1.54, 1.807) is 0 Å². The van der Waals surface area contributed by atoms with Gasteiger partial charge in [-0.15, -0.1) is 0 Å². The Kier molecular flexibility index (Phi) is 6.27. The average molecular weight is 454 g/mol. The highest BCUT2D eigenvalue weighted by atomic mass is 35.5. The molecule has 9 heteroatoms. The summed E-state index contributed by atoms with van der Waals surface area (Å²) in [4.78, 5) is 50.9. The fourth-order valence-electron chi connectivity index (χ4n) is 3.00. The number of rotatable bonds is 5. The first-order valence-corrected chi connectivity index (χ1v) is 9.78. The zero-order valence-electron chi connectivity index (χ0n) is 15.2. The Balaban J connectivity index is 2.04. The molecule has 1 heterocycles. The molecule has 1 saturated heterocycles. The lowest BCUT2D eigenvalue weighted by Crippen LogP contribution is -2.56. The third-order valence-electron chi connectivity index (χ3n) is 4.49. The SMILES string of the molecule is CC(C(=O)c1ccc(Cl)cc1)N(C(=O)c1ccc(Cl)cc1Cl)N1C(=O)CCC1=O. The van der Waals surface area contributed by atoms with Crippen LogP contribution in [0.1, 0.15) is 40.5 Å². The Morgan fingerprint density at radius 2 is 1.48 bits per heavy atom. The lowest BCUT2D eigenvalue weighted by atomic mass is 10.0. The molecule has 0 bridgehead atoms. The van der Waals surface area contributed by atoms with Crippen molar-refractivity contribution < 1.29 is 19.2 Å². The number of carbonyl (C=O) groups is 4. The second-order valence-electron chi connectivity index (χ2n) is 6.42. The predicted octanol–water partition coefficient (Wildman–Crippen LogP) is 4.42. The smallest absolute Gasteiger partial charge is 0.275 e. The average Bonchev–Trinajstić information content (AvgIpc) is 3.00. The van der Waals surface area contributed by atoms with E-state index in [4.69, 9.17) is 34.8 Å². The van der Waals surface area contributed by atoms with Crippen molar-refractivity contribution in [2.45, 2.75) is 25.8 Å². The first kappa shape index (κ1) is 21.3. The van der Waals surface area contributed by atoms with E-state index >= 15 is 0 Å². The van der Waals surface area contributed by atoms with Crippen LogP contribution in [0.15, 0.2) is 42.5 Å². The number of carbonyl (C=O) groups excluding carboxylic acids is 4. The highest BCUT2D eigenvalue weighted by molar-refractivity contribution is 6.36. The van der Waals surface area contributed by atoms with Crippen LogP contribution in [-0.2, 0) is 9.59 Å². The van der Waals surface area contributed by atoms with E-state index < -0.39 is 29.5 Å². The van der Waals surface area contributed by atoms with Gasteiger partial charge in [-0.1, -0.05) is 34.8 Å². The van der Waals surface area contributed by atoms with Crippen LogP contribution in [0.25, 0.3) is 0 Å². The molecule has 1 atom stereocenters. The van der Waals surface area contributed by atoms with E-state index in [0.717, 1.165) is 10.0 Å². The van der Waals surface area contributed by atoms with Gasteiger partial charge in [-0.2, -0.15) is 5.01 Å². The molecule has 3 rings (SSSR count). The Morgan fingerprint density at radius 3 is 2.03 bits per heavy atom. The molecule has 3 amide bonds. The number of halogens is 3. The standard InChI is InChI=1S/C20H15Cl3N2O4/c1-11(19(28)12-2-4-13(21)5-3-12)24(25-17(26)8-9-18(25)27)20(29)15-7-6-14(22)10-16(15)23/h2-7,10-11H,8-9H2,1H3. The fraction of sp³-hybridized carbons (Fsp3) is 0.200. The zero-order chi connectivity index (χ0) is 21.3. The molecule has 1 aliphatic rings. The number of hydrogen-bond donors (Lipinski definition) is 0. The monoisotopic (exact) mass is 452 g/mol. The summed E-state index contributed by atoms with van der Waals surface area (Å²) in [5.41, 5.74) is 0.292. The second kappa shape index (κ2) is 8.53. The van der Waals surface area contributed by atoms with E-state index in [1.807, 2.05) is 0 Å². The van der Waals surface area contributed by atoms with Gasteiger partial charge >= 0.3 is 0 Å². The normalized spacial score (nSPS) is 14.8. The number of Topliss-reactive ketones (excluding diaryl/α,β-unsaturated/α-hetero) is 1. The minimum Gasteiger partial charge on any atom is -0.292 e. The minimum absolute atomic E-state index is 0.0133. The van der Waals surface area contributed by atoms with Crippen molar-refractivity contribution in [2.24, 2.45) is 0 Å². The molecule has 2 aromatic carbocycles. The van der Waals surface area contributed by atoms with Crippen LogP contribution < -0.4 is 0 Å². The lowest BCUT2D eigenvalue weighted by molar-refractivity contribution is -0.154. The number of imide groups is 1. The van der Waals surface area contributed by atoms with Gasteiger partial charge in [0, 0.05) is 28.5 Å². The van der Waals surface area contributed by atoms with E-state index in [-0.39, 0.29) is 29.0 Å². The van der Waals surface area contributed by atoms with Gasteiger partial charge in [-0.05, 0) is 49.4 Å². The number of nitrogens with zero attached hydrogens (tertiary/aromatic N) is 2. The topological polar surface area (TPSA) is 74.8 Å². The number of hydrazine groups is 1. The van der Waals surface area contributed by atoms with Crippen LogP contribution in [0, 0.1) is 0 Å². The van der Waals surface area contributed by atoms with Crippen molar-refractivity contribution in [3.63, 3.8) is 0 Å². The molecule has 0 spiro atoms. The van der Waals surface area contributed by atoms with Gasteiger partial charge in [-0.25, -0.2) is 5.01 Å². The molecule has 0 aliphatic carbocycles. The van der Waals surface area contributed by atoms with Crippen molar-refractivity contribution in [2.75, 3.05) is 0 Å². The summed E-state index contributed by atoms with van der Waals surface area (Å²) >= 11 is 17.9. The summed E-state index contributed by atoms with van der Waals surface area (Å²) in [5.74, 6) is -2.36. The molecule has 1 unspecified atom stereocenters. The third kappa shape index (κ3) is 4.29. The summed E-state index contributed by atoms with van der Waals surface area (Å²) in [5, 5.41) is 2.39. The highest BCUT2D eigenvalue weighted by Gasteiger charge is 2.42. The molecule has 1 fully saturated rings. The van der Waals surface area contributed by atoms with Crippen molar-refractivity contribution >= 4 is 58.3 Å². The summed E-state index contributed by atoms with van der Waals surface area (Å²) in [6.45, 7) is 1.44. The van der Waals surface area contributed by atoms with Crippen molar-refractivity contribution in [1.29, 1.82) is 0 Å². The summed E-state index contributed by atoms with van der Waals surface area (Å²) in [7, 11) is 0. The highest BCUT2D eigenvalue weighted by Crippen LogP contribution is 2.27. The minimum atomic E-state index is -1.15. The van der Waals surface area contributed by atoms with Crippen LogP contribution in [0.3, 0.4) is 0 Å². The lowest BCUT2D eigenvalue weighted by Gasteiger charge is -2.34. The second-order valence-corrected chi connectivity index (χ2v) is 7.70. The summed E-state index contributed by atoms with van der Waals surface area (Å²) in [6.07, 6.45) is -0.0857. The van der Waals surface area contributed by atoms with Crippen molar-refractivity contribution in [3.8, 4) is 0 Å². The molecule has 150 valence electrons. The van der Waals surface area contributed by atoms with Gasteiger partial charge < -0.3 is 0 Å². The third-order valence-corrected chi connectivity index (χ3v) is 5.29. The van der Waals surface area contributed by atoms with Crippen LogP contribution in [0.2, 0.25) is 15.1 Å². The Bertz CT molecular complexity index is 991. The number of hydrogen-bond acceptors (Lipinski definition) is 4. The van der Waals surface area contributed by atoms with E-state index in [2.05, 4.69) is 0 Å². The molecule has 29 heavy (non-hydrogen) atoms. The Labute approximate surface area is 181 Å². The van der Waals surface area contributed by atoms with E-state index in [0.29, 0.717) is 10.0 Å². The maximum atomic E-state index is 13.3. The van der Waals surface area contributed by atoms with Crippen LogP contribution >= 0.6 is 34.8 Å². The van der Waals surface area contributed by atoms with Gasteiger partial charge in [0.15, 0.2) is 5.78 Å². The van der Waals surface area contributed by atoms with Crippen LogP contribution in [-0.4, -0.2) is 39.6 Å². The molecule has 6 nitrogen and oxygen atoms in total. The first-order valence-electron chi connectivity index (χ1n) is 8.64. The zero-order valence-corrected chi connectivity index (χ0v) is 17.5.